The molecule has 0 unspecified atom stereocenters. The topological polar surface area (TPSA) is 96.5 Å². The van der Waals surface area contributed by atoms with Gasteiger partial charge >= 0.3 is 6.18 Å². The number of anilines is 2. The minimum atomic E-state index is -4.54. The Hall–Kier alpha value is -3.99. The summed E-state index contributed by atoms with van der Waals surface area (Å²) in [6.45, 7) is 3.50. The molecule has 1 aliphatic heterocycles. The Labute approximate surface area is 242 Å². The van der Waals surface area contributed by atoms with E-state index in [9.17, 15) is 22.8 Å². The number of hydrogen-bond donors (Lipinski definition) is 2. The number of carbonyl (C=O) groups excluding carboxylic acids is 2. The highest BCUT2D eigenvalue weighted by molar-refractivity contribution is 5.93. The lowest BCUT2D eigenvalue weighted by molar-refractivity contribution is -0.137. The smallest absolute Gasteiger partial charge is 0.418 e. The van der Waals surface area contributed by atoms with Crippen LogP contribution < -0.4 is 15.4 Å². The van der Waals surface area contributed by atoms with E-state index in [1.807, 2.05) is 14.0 Å². The first-order valence-electron chi connectivity index (χ1n) is 14.1. The summed E-state index contributed by atoms with van der Waals surface area (Å²) in [4.78, 5) is 35.2. The molecule has 222 valence electrons. The second-order valence-electron chi connectivity index (χ2n) is 11.2. The number of Topliss-reactive ketones (excluding diaryl/α,β-unsaturated/α-hetero) is 1. The molecule has 1 saturated heterocycles. The third-order valence-corrected chi connectivity index (χ3v) is 7.63. The molecular formula is C31H34F3N5O3. The van der Waals surface area contributed by atoms with Gasteiger partial charge in [0.2, 0.25) is 11.8 Å². The quantitative estimate of drug-likeness (QED) is 0.312. The van der Waals surface area contributed by atoms with Gasteiger partial charge in [-0.1, -0.05) is 12.1 Å². The summed E-state index contributed by atoms with van der Waals surface area (Å²) >= 11 is 0. The van der Waals surface area contributed by atoms with E-state index in [-0.39, 0.29) is 48.1 Å². The minimum Gasteiger partial charge on any atom is -0.439 e. The molecule has 5 rings (SSSR count). The molecule has 1 aromatic heterocycles. The molecule has 2 aromatic carbocycles. The van der Waals surface area contributed by atoms with Crippen molar-refractivity contribution in [2.75, 3.05) is 30.8 Å². The number of alkyl halides is 3. The number of piperidine rings is 1. The van der Waals surface area contributed by atoms with E-state index in [0.29, 0.717) is 17.1 Å². The van der Waals surface area contributed by atoms with Gasteiger partial charge in [0.05, 0.1) is 5.56 Å². The SMILES string of the molecule is Cc1cc(Oc2cc(NC(=O)C3CC3)ncn2)ccc1CC(=O)Cc1ccc(NC2CCN(C)CC2)c(C(F)(F)F)c1. The lowest BCUT2D eigenvalue weighted by Gasteiger charge is -2.31. The van der Waals surface area contributed by atoms with Gasteiger partial charge in [-0.15, -0.1) is 0 Å². The Kier molecular flexibility index (Phi) is 8.77. The number of nitrogens with zero attached hydrogens (tertiary/aromatic N) is 3. The lowest BCUT2D eigenvalue weighted by Crippen LogP contribution is -2.37. The van der Waals surface area contributed by atoms with Gasteiger partial charge in [0.25, 0.3) is 0 Å². The number of aromatic nitrogens is 2. The van der Waals surface area contributed by atoms with Crippen LogP contribution in [0.1, 0.15) is 47.9 Å². The molecule has 42 heavy (non-hydrogen) atoms. The number of halogens is 3. The highest BCUT2D eigenvalue weighted by Crippen LogP contribution is 2.37. The fraction of sp³-hybridized carbons (Fsp3) is 0.419. The average molecular weight is 582 g/mol. The molecule has 0 spiro atoms. The number of aryl methyl sites for hydroxylation is 1. The molecule has 1 aliphatic carbocycles. The molecule has 8 nitrogen and oxygen atoms in total. The molecule has 1 amide bonds. The van der Waals surface area contributed by atoms with Crippen LogP contribution in [-0.2, 0) is 28.6 Å². The van der Waals surface area contributed by atoms with Crippen LogP contribution in [0.25, 0.3) is 0 Å². The second kappa shape index (κ2) is 12.5. The molecule has 11 heteroatoms. The number of ether oxygens (including phenoxy) is 1. The Morgan fingerprint density at radius 1 is 1.00 bits per heavy atom. The van der Waals surface area contributed by atoms with Crippen molar-refractivity contribution in [3.63, 3.8) is 0 Å². The monoisotopic (exact) mass is 581 g/mol. The van der Waals surface area contributed by atoms with Crippen LogP contribution in [0.5, 0.6) is 11.6 Å². The van der Waals surface area contributed by atoms with Crippen molar-refractivity contribution in [1.29, 1.82) is 0 Å². The fourth-order valence-electron chi connectivity index (χ4n) is 5.03. The van der Waals surface area contributed by atoms with Crippen molar-refractivity contribution >= 4 is 23.2 Å². The van der Waals surface area contributed by atoms with E-state index in [1.54, 1.807) is 24.3 Å². The summed E-state index contributed by atoms with van der Waals surface area (Å²) in [7, 11) is 2.00. The summed E-state index contributed by atoms with van der Waals surface area (Å²) in [6.07, 6.45) is 0.0496. The van der Waals surface area contributed by atoms with Gasteiger partial charge in [0, 0.05) is 36.6 Å². The zero-order valence-electron chi connectivity index (χ0n) is 23.6. The highest BCUT2D eigenvalue weighted by atomic mass is 19.4. The van der Waals surface area contributed by atoms with E-state index in [4.69, 9.17) is 4.74 Å². The first-order valence-corrected chi connectivity index (χ1v) is 14.1. The van der Waals surface area contributed by atoms with Crippen LogP contribution in [-0.4, -0.2) is 52.7 Å². The molecule has 2 aliphatic rings. The molecule has 3 aromatic rings. The number of hydrogen-bond acceptors (Lipinski definition) is 7. The molecular weight excluding hydrogens is 547 g/mol. The van der Waals surface area contributed by atoms with Crippen LogP contribution in [0.2, 0.25) is 0 Å². The molecule has 2 fully saturated rings. The van der Waals surface area contributed by atoms with E-state index < -0.39 is 11.7 Å². The first kappa shape index (κ1) is 29.5. The first-order chi connectivity index (χ1) is 20.0. The molecule has 0 bridgehead atoms. The van der Waals surface area contributed by atoms with Gasteiger partial charge < -0.3 is 20.3 Å². The number of carbonyl (C=O) groups is 2. The van der Waals surface area contributed by atoms with Gasteiger partial charge in [-0.05, 0) is 93.7 Å². The van der Waals surface area contributed by atoms with Crippen molar-refractivity contribution in [2.24, 2.45) is 5.92 Å². The van der Waals surface area contributed by atoms with Crippen molar-refractivity contribution in [2.45, 2.75) is 57.7 Å². The molecule has 1 saturated carbocycles. The van der Waals surface area contributed by atoms with Crippen molar-refractivity contribution in [3.05, 3.63) is 71.0 Å². The van der Waals surface area contributed by atoms with Gasteiger partial charge in [-0.2, -0.15) is 13.2 Å². The van der Waals surface area contributed by atoms with E-state index >= 15 is 0 Å². The number of likely N-dealkylation sites (tertiary alicyclic amines) is 1. The summed E-state index contributed by atoms with van der Waals surface area (Å²) in [5, 5.41) is 5.83. The summed E-state index contributed by atoms with van der Waals surface area (Å²) in [6, 6.07) is 10.9. The summed E-state index contributed by atoms with van der Waals surface area (Å²) < 4.78 is 47.6. The Bertz CT molecular complexity index is 1450. The van der Waals surface area contributed by atoms with Crippen LogP contribution in [0, 0.1) is 12.8 Å². The van der Waals surface area contributed by atoms with Crippen LogP contribution in [0.3, 0.4) is 0 Å². The zero-order chi connectivity index (χ0) is 29.9. The third-order valence-electron chi connectivity index (χ3n) is 7.63. The fourth-order valence-corrected chi connectivity index (χ4v) is 5.03. The predicted octanol–water partition coefficient (Wildman–Crippen LogP) is 5.81. The maximum absolute atomic E-state index is 13.9. The zero-order valence-corrected chi connectivity index (χ0v) is 23.6. The second-order valence-corrected chi connectivity index (χ2v) is 11.2. The number of nitrogens with one attached hydrogen (secondary N) is 2. The minimum absolute atomic E-state index is 0.0192. The van der Waals surface area contributed by atoms with E-state index in [2.05, 4.69) is 25.5 Å². The van der Waals surface area contributed by atoms with Gasteiger partial charge in [0.1, 0.15) is 23.7 Å². The Morgan fingerprint density at radius 3 is 2.45 bits per heavy atom. The van der Waals surface area contributed by atoms with Crippen molar-refractivity contribution < 1.29 is 27.5 Å². The number of benzene rings is 2. The van der Waals surface area contributed by atoms with Crippen molar-refractivity contribution in [3.8, 4) is 11.6 Å². The third kappa shape index (κ3) is 7.84. The van der Waals surface area contributed by atoms with Gasteiger partial charge in [0.15, 0.2) is 0 Å². The van der Waals surface area contributed by atoms with Crippen LogP contribution in [0.4, 0.5) is 24.7 Å². The van der Waals surface area contributed by atoms with Crippen molar-refractivity contribution in [1.82, 2.24) is 14.9 Å². The Morgan fingerprint density at radius 2 is 1.76 bits per heavy atom. The predicted molar refractivity (Wildman–Crippen MR) is 153 cm³/mol. The maximum Gasteiger partial charge on any atom is 0.418 e. The van der Waals surface area contributed by atoms with Gasteiger partial charge in [-0.25, -0.2) is 9.97 Å². The van der Waals surface area contributed by atoms with E-state index in [0.717, 1.165) is 56.0 Å². The van der Waals surface area contributed by atoms with Crippen LogP contribution >= 0.6 is 0 Å². The standard InChI is InChI=1S/C31H34F3N5O3/c1-19-13-25(42-29-17-28(35-18-36-29)38-30(41)21-4-5-21)7-6-22(19)16-24(40)14-20-3-8-27(26(15-20)31(32,33)34)37-23-9-11-39(2)12-10-23/h3,6-8,13,15,17-18,21,23,37H,4-5,9-12,14,16H2,1-2H3,(H,35,36,38,41). The van der Waals surface area contributed by atoms with E-state index in [1.165, 1.54) is 18.5 Å². The lowest BCUT2D eigenvalue weighted by atomic mass is 9.97. The van der Waals surface area contributed by atoms with Gasteiger partial charge in [-0.3, -0.25) is 9.59 Å². The maximum atomic E-state index is 13.9. The average Bonchev–Trinajstić information content (AvgIpc) is 3.78. The molecule has 2 N–H and O–H groups in total. The highest BCUT2D eigenvalue weighted by Gasteiger charge is 2.35. The molecule has 0 atom stereocenters. The number of ketones is 1. The molecule has 2 heterocycles. The number of rotatable bonds is 10. The summed E-state index contributed by atoms with van der Waals surface area (Å²) in [5.74, 6) is 0.884. The molecule has 0 radical (unpaired) electrons. The summed E-state index contributed by atoms with van der Waals surface area (Å²) in [5.41, 5.74) is 1.19. The largest absolute Gasteiger partial charge is 0.439 e. The number of amides is 1. The normalized spacial score (nSPS) is 16.2. The van der Waals surface area contributed by atoms with Crippen LogP contribution in [0.15, 0.2) is 48.8 Å². The Balaban J connectivity index is 1.20.